The minimum atomic E-state index is -0.0869. The summed E-state index contributed by atoms with van der Waals surface area (Å²) in [6, 6.07) is 0. The van der Waals surface area contributed by atoms with E-state index in [1.165, 1.54) is 20.0 Å². The van der Waals surface area contributed by atoms with Gasteiger partial charge in [-0.15, -0.1) is 8.58 Å². The first-order valence-electron chi connectivity index (χ1n) is 4.88. The van der Waals surface area contributed by atoms with Crippen LogP contribution in [0.2, 0.25) is 0 Å². The van der Waals surface area contributed by atoms with E-state index in [1.54, 1.807) is 0 Å². The smallest absolute Gasteiger partial charge is 0.305 e. The maximum atomic E-state index is 10.6. The van der Waals surface area contributed by atoms with Gasteiger partial charge in [-0.2, -0.15) is 0 Å². The van der Waals surface area contributed by atoms with Crippen LogP contribution in [0.5, 0.6) is 0 Å². The first kappa shape index (κ1) is 15.4. The normalized spacial score (nSPS) is 8.62. The zero-order valence-electron chi connectivity index (χ0n) is 9.35. The summed E-state index contributed by atoms with van der Waals surface area (Å²) in [4.78, 5) is 10.6. The molecule has 0 aromatic heterocycles. The highest BCUT2D eigenvalue weighted by atomic mass is 31.1. The first-order valence-corrected chi connectivity index (χ1v) is 6.88. The average Bonchev–Trinajstić information content (AvgIpc) is 2.13. The highest BCUT2D eigenvalue weighted by Gasteiger charge is 1.97. The average molecular weight is 206 g/mol. The van der Waals surface area contributed by atoms with E-state index < -0.39 is 0 Å². The molecule has 0 amide bonds. The fourth-order valence-corrected chi connectivity index (χ4v) is 0.798. The van der Waals surface area contributed by atoms with Gasteiger partial charge in [-0.1, -0.05) is 26.2 Å². The number of hydrogen-bond acceptors (Lipinski definition) is 2. The lowest BCUT2D eigenvalue weighted by Crippen LogP contribution is -1.98. The van der Waals surface area contributed by atoms with Gasteiger partial charge in [0, 0.05) is 6.42 Å². The lowest BCUT2D eigenvalue weighted by molar-refractivity contribution is -0.140. The van der Waals surface area contributed by atoms with E-state index in [2.05, 4.69) is 25.0 Å². The van der Waals surface area contributed by atoms with Gasteiger partial charge in [0.05, 0.1) is 7.11 Å². The van der Waals surface area contributed by atoms with Crippen LogP contribution < -0.4 is 0 Å². The van der Waals surface area contributed by atoms with Crippen LogP contribution in [-0.4, -0.2) is 26.4 Å². The van der Waals surface area contributed by atoms with Crippen molar-refractivity contribution in [2.45, 2.75) is 39.0 Å². The molecule has 0 aliphatic carbocycles. The predicted octanol–water partition coefficient (Wildman–Crippen LogP) is 3.05. The monoisotopic (exact) mass is 206 g/mol. The summed E-state index contributed by atoms with van der Waals surface area (Å²) in [7, 11) is 2.52. The topological polar surface area (TPSA) is 26.3 Å². The SMILES string of the molecule is CCCCCCC(=O)OC.CPC. The van der Waals surface area contributed by atoms with Gasteiger partial charge in [-0.3, -0.25) is 4.79 Å². The van der Waals surface area contributed by atoms with Gasteiger partial charge in [-0.25, -0.2) is 0 Å². The Morgan fingerprint density at radius 1 is 1.23 bits per heavy atom. The summed E-state index contributed by atoms with van der Waals surface area (Å²) >= 11 is 0. The van der Waals surface area contributed by atoms with Gasteiger partial charge in [0.1, 0.15) is 0 Å². The zero-order chi connectivity index (χ0) is 10.5. The van der Waals surface area contributed by atoms with Crippen LogP contribution in [0.4, 0.5) is 0 Å². The fraction of sp³-hybridized carbons (Fsp3) is 0.900. The maximum absolute atomic E-state index is 10.6. The minimum absolute atomic E-state index is 0.0869. The van der Waals surface area contributed by atoms with Crippen molar-refractivity contribution in [2.75, 3.05) is 20.4 Å². The number of carbonyl (C=O) groups excluding carboxylic acids is 1. The van der Waals surface area contributed by atoms with Crippen molar-refractivity contribution in [1.29, 1.82) is 0 Å². The number of rotatable bonds is 5. The molecule has 0 unspecified atom stereocenters. The minimum Gasteiger partial charge on any atom is -0.469 e. The third-order valence-electron chi connectivity index (χ3n) is 1.46. The number of ether oxygens (including phenoxy) is 1. The summed E-state index contributed by atoms with van der Waals surface area (Å²) in [6.45, 7) is 6.46. The van der Waals surface area contributed by atoms with Crippen LogP contribution in [-0.2, 0) is 9.53 Å². The highest BCUT2D eigenvalue weighted by molar-refractivity contribution is 7.35. The molecule has 0 aromatic carbocycles. The lowest BCUT2D eigenvalue weighted by atomic mass is 10.2. The molecule has 2 nitrogen and oxygen atoms in total. The second-order valence-corrected chi connectivity index (χ2v) is 3.89. The third-order valence-corrected chi connectivity index (χ3v) is 1.46. The van der Waals surface area contributed by atoms with Crippen molar-refractivity contribution in [2.24, 2.45) is 0 Å². The molecule has 0 bridgehead atoms. The van der Waals surface area contributed by atoms with Crippen LogP contribution in [0.15, 0.2) is 0 Å². The van der Waals surface area contributed by atoms with Crippen molar-refractivity contribution in [1.82, 2.24) is 0 Å². The Bertz CT molecular complexity index is 105. The molecule has 0 rings (SSSR count). The van der Waals surface area contributed by atoms with E-state index in [1.807, 2.05) is 0 Å². The van der Waals surface area contributed by atoms with E-state index in [4.69, 9.17) is 0 Å². The molecule has 3 heteroatoms. The predicted molar refractivity (Wildman–Crippen MR) is 60.9 cm³/mol. The number of unbranched alkanes of at least 4 members (excludes halogenated alkanes) is 3. The standard InChI is InChI=1S/C8H16O2.C2H7P/c1-3-4-5-6-7-8(9)10-2;1-3-2/h3-7H2,1-2H3;3H,1-2H3. The van der Waals surface area contributed by atoms with Gasteiger partial charge < -0.3 is 4.74 Å². The molecule has 0 atom stereocenters. The van der Waals surface area contributed by atoms with Gasteiger partial charge in [0.2, 0.25) is 0 Å². The molecule has 0 aromatic rings. The quantitative estimate of drug-likeness (QED) is 0.392. The Balaban J connectivity index is 0. The van der Waals surface area contributed by atoms with Crippen molar-refractivity contribution >= 4 is 14.6 Å². The van der Waals surface area contributed by atoms with Crippen molar-refractivity contribution in [3.05, 3.63) is 0 Å². The molecule has 0 aliphatic rings. The number of methoxy groups -OCH3 is 1. The van der Waals surface area contributed by atoms with E-state index in [9.17, 15) is 4.79 Å². The Morgan fingerprint density at radius 2 is 1.77 bits per heavy atom. The molecule has 80 valence electrons. The molecule has 0 N–H and O–H groups in total. The van der Waals surface area contributed by atoms with Gasteiger partial charge in [0.25, 0.3) is 0 Å². The Kier molecular flexibility index (Phi) is 17.1. The van der Waals surface area contributed by atoms with Crippen molar-refractivity contribution in [3.8, 4) is 0 Å². The van der Waals surface area contributed by atoms with Gasteiger partial charge in [0.15, 0.2) is 0 Å². The number of hydrogen-bond donors (Lipinski definition) is 0. The molecule has 0 radical (unpaired) electrons. The molecular formula is C10H23O2P. The van der Waals surface area contributed by atoms with E-state index in [0.29, 0.717) is 6.42 Å². The fourth-order valence-electron chi connectivity index (χ4n) is 0.798. The molecule has 0 aliphatic heterocycles. The largest absolute Gasteiger partial charge is 0.469 e. The highest BCUT2D eigenvalue weighted by Crippen LogP contribution is 2.02. The van der Waals surface area contributed by atoms with Crippen molar-refractivity contribution < 1.29 is 9.53 Å². The molecular weight excluding hydrogens is 183 g/mol. The molecule has 0 fully saturated rings. The number of esters is 1. The van der Waals surface area contributed by atoms with Crippen molar-refractivity contribution in [3.63, 3.8) is 0 Å². The summed E-state index contributed by atoms with van der Waals surface area (Å²) < 4.78 is 4.49. The molecule has 13 heavy (non-hydrogen) atoms. The van der Waals surface area contributed by atoms with Crippen LogP contribution >= 0.6 is 8.58 Å². The lowest BCUT2D eigenvalue weighted by Gasteiger charge is -1.97. The Labute approximate surface area is 84.2 Å². The molecule has 0 saturated carbocycles. The second-order valence-electron chi connectivity index (χ2n) is 2.89. The third kappa shape index (κ3) is 18.7. The second kappa shape index (κ2) is 14.4. The van der Waals surface area contributed by atoms with E-state index in [0.717, 1.165) is 21.4 Å². The van der Waals surface area contributed by atoms with Crippen LogP contribution in [0.1, 0.15) is 39.0 Å². The van der Waals surface area contributed by atoms with Gasteiger partial charge in [-0.05, 0) is 19.8 Å². The van der Waals surface area contributed by atoms with Gasteiger partial charge >= 0.3 is 5.97 Å². The number of carbonyl (C=O) groups is 1. The maximum Gasteiger partial charge on any atom is 0.305 e. The van der Waals surface area contributed by atoms with Crippen LogP contribution in [0, 0.1) is 0 Å². The van der Waals surface area contributed by atoms with E-state index in [-0.39, 0.29) is 5.97 Å². The van der Waals surface area contributed by atoms with E-state index >= 15 is 0 Å². The van der Waals surface area contributed by atoms with Crippen LogP contribution in [0.25, 0.3) is 0 Å². The first-order chi connectivity index (χ1) is 6.22. The zero-order valence-corrected chi connectivity index (χ0v) is 10.4. The molecule has 0 heterocycles. The Morgan fingerprint density at radius 3 is 2.15 bits per heavy atom. The summed E-state index contributed by atoms with van der Waals surface area (Å²) in [5.74, 6) is -0.0869. The molecule has 0 spiro atoms. The summed E-state index contributed by atoms with van der Waals surface area (Å²) in [5.41, 5.74) is 0. The summed E-state index contributed by atoms with van der Waals surface area (Å²) in [6.07, 6.45) is 5.13. The van der Waals surface area contributed by atoms with Crippen LogP contribution in [0.3, 0.4) is 0 Å². The molecule has 0 saturated heterocycles. The summed E-state index contributed by atoms with van der Waals surface area (Å²) in [5, 5.41) is 0. The Hall–Kier alpha value is -0.100.